The van der Waals surface area contributed by atoms with E-state index in [4.69, 9.17) is 5.84 Å². The zero-order chi connectivity index (χ0) is 17.8. The molecule has 0 saturated carbocycles. The molecule has 0 fully saturated rings. The third-order valence-corrected chi connectivity index (χ3v) is 4.10. The van der Waals surface area contributed by atoms with Crippen LogP contribution in [0.25, 0.3) is 0 Å². The summed E-state index contributed by atoms with van der Waals surface area (Å²) in [7, 11) is 0. The van der Waals surface area contributed by atoms with E-state index in [9.17, 15) is 14.7 Å². The van der Waals surface area contributed by atoms with Gasteiger partial charge in [-0.25, -0.2) is 10.9 Å². The van der Waals surface area contributed by atoms with Crippen LogP contribution >= 0.6 is 0 Å². The maximum Gasteiger partial charge on any atom is 0.274 e. The molecule has 1 aromatic rings. The van der Waals surface area contributed by atoms with Crippen LogP contribution in [0.4, 0.5) is 0 Å². The van der Waals surface area contributed by atoms with Gasteiger partial charge in [-0.3, -0.25) is 9.59 Å². The van der Waals surface area contributed by atoms with Gasteiger partial charge < -0.3 is 5.11 Å². The molecule has 0 aliphatic carbocycles. The second-order valence-electron chi connectivity index (χ2n) is 6.19. The molecule has 1 rings (SSSR count). The Bertz CT molecular complexity index is 500. The molecular formula is C19H30N2O3. The Morgan fingerprint density at radius 1 is 0.917 bits per heavy atom. The monoisotopic (exact) mass is 334 g/mol. The summed E-state index contributed by atoms with van der Waals surface area (Å²) < 4.78 is 0. The van der Waals surface area contributed by atoms with Crippen LogP contribution in [0.15, 0.2) is 24.3 Å². The summed E-state index contributed by atoms with van der Waals surface area (Å²) in [6, 6.07) is 5.69. The van der Waals surface area contributed by atoms with Crippen molar-refractivity contribution in [1.82, 2.24) is 5.01 Å². The molecule has 0 atom stereocenters. The van der Waals surface area contributed by atoms with E-state index in [-0.39, 0.29) is 23.6 Å². The second-order valence-corrected chi connectivity index (χ2v) is 6.19. The Labute approximate surface area is 144 Å². The summed E-state index contributed by atoms with van der Waals surface area (Å²) >= 11 is 0. The maximum absolute atomic E-state index is 12.1. The minimum absolute atomic E-state index is 0.0659. The van der Waals surface area contributed by atoms with Gasteiger partial charge in [-0.2, -0.15) is 0 Å². The largest absolute Gasteiger partial charge is 0.508 e. The highest BCUT2D eigenvalue weighted by Gasteiger charge is 2.18. The lowest BCUT2D eigenvalue weighted by Gasteiger charge is -2.14. The van der Waals surface area contributed by atoms with Gasteiger partial charge in [0, 0.05) is 12.0 Å². The van der Waals surface area contributed by atoms with Gasteiger partial charge in [0.1, 0.15) is 5.75 Å². The number of unbranched alkanes of at least 4 members (excludes halogenated alkanes) is 8. The van der Waals surface area contributed by atoms with E-state index >= 15 is 0 Å². The first kappa shape index (κ1) is 20.2. The van der Waals surface area contributed by atoms with Crippen LogP contribution in [0.2, 0.25) is 0 Å². The molecule has 0 aliphatic heterocycles. The Morgan fingerprint density at radius 2 is 1.42 bits per heavy atom. The molecule has 0 bridgehead atoms. The Kier molecular flexibility index (Phi) is 9.77. The van der Waals surface area contributed by atoms with Crippen molar-refractivity contribution < 1.29 is 14.7 Å². The quantitative estimate of drug-likeness (QED) is 0.275. The number of hydrazine groups is 1. The lowest BCUT2D eigenvalue weighted by atomic mass is 10.1. The van der Waals surface area contributed by atoms with Gasteiger partial charge in [-0.05, 0) is 30.7 Å². The summed E-state index contributed by atoms with van der Waals surface area (Å²) in [6.45, 7) is 2.21. The topological polar surface area (TPSA) is 83.6 Å². The first-order valence-electron chi connectivity index (χ1n) is 8.97. The molecule has 0 aromatic heterocycles. The van der Waals surface area contributed by atoms with Crippen molar-refractivity contribution in [1.29, 1.82) is 0 Å². The number of nitrogens with two attached hydrogens (primary N) is 1. The van der Waals surface area contributed by atoms with Gasteiger partial charge in [0.25, 0.3) is 5.91 Å². The summed E-state index contributed by atoms with van der Waals surface area (Å²) in [4.78, 5) is 24.0. The molecule has 5 heteroatoms. The normalized spacial score (nSPS) is 10.6. The molecule has 5 nitrogen and oxygen atoms in total. The van der Waals surface area contributed by atoms with Crippen LogP contribution < -0.4 is 5.84 Å². The molecule has 0 unspecified atom stereocenters. The number of carbonyl (C=O) groups is 2. The van der Waals surface area contributed by atoms with E-state index in [1.807, 2.05) is 0 Å². The molecule has 0 spiro atoms. The zero-order valence-electron chi connectivity index (χ0n) is 14.7. The highest BCUT2D eigenvalue weighted by molar-refractivity contribution is 6.04. The van der Waals surface area contributed by atoms with Crippen LogP contribution in [0.1, 0.15) is 81.5 Å². The fourth-order valence-corrected chi connectivity index (χ4v) is 2.56. The van der Waals surface area contributed by atoms with E-state index < -0.39 is 5.91 Å². The van der Waals surface area contributed by atoms with E-state index in [1.54, 1.807) is 0 Å². The predicted octanol–water partition coefficient (Wildman–Crippen LogP) is 4.16. The molecule has 0 aliphatic rings. The number of phenols is 1. The highest BCUT2D eigenvalue weighted by Crippen LogP contribution is 2.13. The predicted molar refractivity (Wildman–Crippen MR) is 95.3 cm³/mol. The third-order valence-electron chi connectivity index (χ3n) is 4.10. The standard InChI is InChI=1S/C19H30N2O3/c1-2-3-4-5-6-7-8-9-10-11-18(23)21(20)19(24)16-12-14-17(22)15-13-16/h12-15,22H,2-11,20H2,1H3. The molecule has 2 amide bonds. The van der Waals surface area contributed by atoms with Gasteiger partial charge in [0.2, 0.25) is 5.91 Å². The number of hydrogen-bond acceptors (Lipinski definition) is 4. The van der Waals surface area contributed by atoms with Crippen LogP contribution in [-0.4, -0.2) is 21.9 Å². The number of hydrogen-bond donors (Lipinski definition) is 2. The number of amides is 2. The molecular weight excluding hydrogens is 304 g/mol. The second kappa shape index (κ2) is 11.6. The van der Waals surface area contributed by atoms with E-state index in [0.717, 1.165) is 19.3 Å². The molecule has 0 heterocycles. The van der Waals surface area contributed by atoms with Crippen molar-refractivity contribution in [2.45, 2.75) is 71.1 Å². The number of imide groups is 1. The van der Waals surface area contributed by atoms with Gasteiger partial charge in [0.15, 0.2) is 0 Å². The van der Waals surface area contributed by atoms with Crippen molar-refractivity contribution in [2.24, 2.45) is 5.84 Å². The van der Waals surface area contributed by atoms with Crippen LogP contribution in [0.5, 0.6) is 5.75 Å². The highest BCUT2D eigenvalue weighted by atomic mass is 16.3. The molecule has 134 valence electrons. The maximum atomic E-state index is 12.1. The van der Waals surface area contributed by atoms with Gasteiger partial charge in [-0.1, -0.05) is 58.3 Å². The number of aromatic hydroxyl groups is 1. The Hall–Kier alpha value is -1.88. The first-order chi connectivity index (χ1) is 11.6. The van der Waals surface area contributed by atoms with Gasteiger partial charge in [-0.15, -0.1) is 0 Å². The fourth-order valence-electron chi connectivity index (χ4n) is 2.56. The average molecular weight is 334 g/mol. The minimum Gasteiger partial charge on any atom is -0.508 e. The van der Waals surface area contributed by atoms with Gasteiger partial charge >= 0.3 is 0 Å². The number of nitrogens with zero attached hydrogens (tertiary/aromatic N) is 1. The number of carbonyl (C=O) groups excluding carboxylic acids is 2. The van der Waals surface area contributed by atoms with Crippen molar-refractivity contribution in [3.8, 4) is 5.75 Å². The Balaban J connectivity index is 2.18. The first-order valence-corrected chi connectivity index (χ1v) is 8.97. The fraction of sp³-hybridized carbons (Fsp3) is 0.579. The Morgan fingerprint density at radius 3 is 1.96 bits per heavy atom. The van der Waals surface area contributed by atoms with Crippen LogP contribution in [0, 0.1) is 0 Å². The van der Waals surface area contributed by atoms with Crippen molar-refractivity contribution in [3.63, 3.8) is 0 Å². The zero-order valence-corrected chi connectivity index (χ0v) is 14.7. The summed E-state index contributed by atoms with van der Waals surface area (Å²) in [5, 5.41) is 9.89. The van der Waals surface area contributed by atoms with E-state index in [0.29, 0.717) is 5.01 Å². The minimum atomic E-state index is -0.545. The number of phenolic OH excluding ortho intramolecular Hbond substituents is 1. The molecule has 0 saturated heterocycles. The SMILES string of the molecule is CCCCCCCCCCCC(=O)N(N)C(=O)c1ccc(O)cc1. The summed E-state index contributed by atoms with van der Waals surface area (Å²) in [5.74, 6) is 4.77. The van der Waals surface area contributed by atoms with Crippen molar-refractivity contribution in [2.75, 3.05) is 0 Å². The van der Waals surface area contributed by atoms with Crippen LogP contribution in [0.3, 0.4) is 0 Å². The lowest BCUT2D eigenvalue weighted by molar-refractivity contribution is -0.129. The third kappa shape index (κ3) is 7.59. The molecule has 3 N–H and O–H groups in total. The van der Waals surface area contributed by atoms with Crippen molar-refractivity contribution >= 4 is 11.8 Å². The molecule has 24 heavy (non-hydrogen) atoms. The summed E-state index contributed by atoms with van der Waals surface area (Å²) in [5.41, 5.74) is 0.288. The summed E-state index contributed by atoms with van der Waals surface area (Å²) in [6.07, 6.45) is 10.8. The van der Waals surface area contributed by atoms with Crippen LogP contribution in [-0.2, 0) is 4.79 Å². The molecule has 0 radical (unpaired) electrons. The smallest absolute Gasteiger partial charge is 0.274 e. The number of rotatable bonds is 11. The van der Waals surface area contributed by atoms with Crippen molar-refractivity contribution in [3.05, 3.63) is 29.8 Å². The number of benzene rings is 1. The molecule has 1 aromatic carbocycles. The average Bonchev–Trinajstić information content (AvgIpc) is 2.59. The van der Waals surface area contributed by atoms with Gasteiger partial charge in [0.05, 0.1) is 0 Å². The van der Waals surface area contributed by atoms with E-state index in [2.05, 4.69) is 6.92 Å². The van der Waals surface area contributed by atoms with E-state index in [1.165, 1.54) is 62.8 Å². The lowest BCUT2D eigenvalue weighted by Crippen LogP contribution is -2.42.